The van der Waals surface area contributed by atoms with Gasteiger partial charge in [-0.2, -0.15) is 0 Å². The Morgan fingerprint density at radius 2 is 2.10 bits per heavy atom. The number of halogens is 3. The molecule has 2 rings (SSSR count). The van der Waals surface area contributed by atoms with Crippen LogP contribution in [0.25, 0.3) is 0 Å². The van der Waals surface area contributed by atoms with Crippen molar-refractivity contribution in [1.29, 1.82) is 0 Å². The molecule has 0 radical (unpaired) electrons. The zero-order valence-corrected chi connectivity index (χ0v) is 11.2. The first-order chi connectivity index (χ1) is 8.95. The second-order valence-corrected chi connectivity index (χ2v) is 3.78. The molecule has 1 amide bonds. The van der Waals surface area contributed by atoms with Crippen molar-refractivity contribution in [1.82, 2.24) is 0 Å². The Morgan fingerprint density at radius 1 is 1.45 bits per heavy atom. The van der Waals surface area contributed by atoms with Crippen molar-refractivity contribution in [2.75, 3.05) is 19.0 Å². The minimum absolute atomic E-state index is 0. The summed E-state index contributed by atoms with van der Waals surface area (Å²) >= 11 is 0. The minimum Gasteiger partial charge on any atom is -0.395 e. The van der Waals surface area contributed by atoms with E-state index in [0.29, 0.717) is 0 Å². The predicted octanol–water partition coefficient (Wildman–Crippen LogP) is 1.34. The second kappa shape index (κ2) is 6.21. The number of benzene rings is 1. The molecule has 9 heteroatoms. The van der Waals surface area contributed by atoms with E-state index in [1.165, 1.54) is 25.3 Å². The zero-order chi connectivity index (χ0) is 14.0. The Balaban J connectivity index is 0.00000200. The summed E-state index contributed by atoms with van der Waals surface area (Å²) in [7, 11) is 1.34. The van der Waals surface area contributed by atoms with E-state index in [9.17, 15) is 13.6 Å². The van der Waals surface area contributed by atoms with E-state index in [1.807, 2.05) is 0 Å². The molecule has 112 valence electrons. The monoisotopic (exact) mass is 310 g/mol. The smallest absolute Gasteiger partial charge is 0.395 e. The minimum atomic E-state index is -3.68. The Kier molecular flexibility index (Phi) is 5.09. The van der Waals surface area contributed by atoms with Crippen molar-refractivity contribution in [3.05, 3.63) is 18.2 Å². The topological polar surface area (TPSA) is 82.8 Å². The Labute approximate surface area is 119 Å². The molecule has 1 aromatic rings. The molecular weight excluding hydrogens is 298 g/mol. The molecule has 0 aliphatic carbocycles. The molecule has 0 saturated carbocycles. The maximum absolute atomic E-state index is 12.8. The summed E-state index contributed by atoms with van der Waals surface area (Å²) in [6.45, 7) is 0.00492. The van der Waals surface area contributed by atoms with Gasteiger partial charge in [-0.3, -0.25) is 4.79 Å². The van der Waals surface area contributed by atoms with Crippen LogP contribution in [0.4, 0.5) is 14.5 Å². The van der Waals surface area contributed by atoms with E-state index in [4.69, 9.17) is 10.5 Å². The Morgan fingerprint density at radius 3 is 2.70 bits per heavy atom. The van der Waals surface area contributed by atoms with Crippen LogP contribution in [0.5, 0.6) is 11.5 Å². The number of carbonyl (C=O) groups is 1. The SMILES string of the molecule is COC(CN)C(=O)Nc1ccc2c(c1)OC(F)(F)O2.Cl. The van der Waals surface area contributed by atoms with Crippen molar-refractivity contribution in [2.45, 2.75) is 12.4 Å². The number of fused-ring (bicyclic) bond motifs is 1. The maximum atomic E-state index is 12.8. The van der Waals surface area contributed by atoms with Gasteiger partial charge in [0.2, 0.25) is 0 Å². The fourth-order valence-electron chi connectivity index (χ4n) is 1.56. The number of carbonyl (C=O) groups excluding carboxylic acids is 1. The van der Waals surface area contributed by atoms with E-state index in [0.717, 1.165) is 0 Å². The number of anilines is 1. The number of ether oxygens (including phenoxy) is 3. The lowest BCUT2D eigenvalue weighted by Crippen LogP contribution is -2.35. The van der Waals surface area contributed by atoms with Gasteiger partial charge in [0, 0.05) is 25.4 Å². The highest BCUT2D eigenvalue weighted by molar-refractivity contribution is 5.94. The second-order valence-electron chi connectivity index (χ2n) is 3.78. The van der Waals surface area contributed by atoms with E-state index in [2.05, 4.69) is 14.8 Å². The predicted molar refractivity (Wildman–Crippen MR) is 68.4 cm³/mol. The van der Waals surface area contributed by atoms with Crippen LogP contribution in [-0.2, 0) is 9.53 Å². The number of hydrogen-bond acceptors (Lipinski definition) is 5. The van der Waals surface area contributed by atoms with Crippen molar-refractivity contribution in [3.63, 3.8) is 0 Å². The lowest BCUT2D eigenvalue weighted by molar-refractivity contribution is -0.286. The summed E-state index contributed by atoms with van der Waals surface area (Å²) in [5.74, 6) is -0.717. The molecule has 1 aliphatic rings. The Bertz CT molecular complexity index is 497. The van der Waals surface area contributed by atoms with Gasteiger partial charge in [-0.05, 0) is 12.1 Å². The number of hydrogen-bond donors (Lipinski definition) is 2. The zero-order valence-electron chi connectivity index (χ0n) is 10.4. The molecule has 0 aromatic heterocycles. The highest BCUT2D eigenvalue weighted by Crippen LogP contribution is 2.42. The van der Waals surface area contributed by atoms with Crippen LogP contribution >= 0.6 is 12.4 Å². The van der Waals surface area contributed by atoms with Crippen LogP contribution in [-0.4, -0.2) is 32.0 Å². The van der Waals surface area contributed by atoms with Crippen molar-refractivity contribution >= 4 is 24.0 Å². The summed E-state index contributed by atoms with van der Waals surface area (Å²) in [6, 6.07) is 3.91. The number of alkyl halides is 2. The third kappa shape index (κ3) is 3.47. The van der Waals surface area contributed by atoms with Gasteiger partial charge in [-0.1, -0.05) is 0 Å². The molecule has 0 spiro atoms. The van der Waals surface area contributed by atoms with Crippen LogP contribution in [0.2, 0.25) is 0 Å². The van der Waals surface area contributed by atoms with Gasteiger partial charge in [0.15, 0.2) is 11.5 Å². The average Bonchev–Trinajstić information content (AvgIpc) is 2.63. The van der Waals surface area contributed by atoms with Crippen LogP contribution < -0.4 is 20.5 Å². The Hall–Kier alpha value is -1.64. The molecule has 1 unspecified atom stereocenters. The lowest BCUT2D eigenvalue weighted by atomic mass is 10.2. The fourth-order valence-corrected chi connectivity index (χ4v) is 1.56. The van der Waals surface area contributed by atoms with E-state index in [-0.39, 0.29) is 36.1 Å². The number of amides is 1. The van der Waals surface area contributed by atoms with Gasteiger partial charge in [0.25, 0.3) is 5.91 Å². The molecule has 0 fully saturated rings. The molecule has 1 aliphatic heterocycles. The molecule has 1 heterocycles. The molecule has 6 nitrogen and oxygen atoms in total. The molecule has 20 heavy (non-hydrogen) atoms. The number of nitrogens with two attached hydrogens (primary N) is 1. The summed E-state index contributed by atoms with van der Waals surface area (Å²) in [5, 5.41) is 2.48. The number of rotatable bonds is 4. The maximum Gasteiger partial charge on any atom is 0.586 e. The van der Waals surface area contributed by atoms with E-state index < -0.39 is 18.3 Å². The van der Waals surface area contributed by atoms with Crippen LogP contribution in [0.15, 0.2) is 18.2 Å². The number of nitrogens with one attached hydrogen (secondary N) is 1. The normalized spacial score (nSPS) is 16.2. The molecule has 0 saturated heterocycles. The first-order valence-electron chi connectivity index (χ1n) is 5.39. The first-order valence-corrected chi connectivity index (χ1v) is 5.39. The van der Waals surface area contributed by atoms with Crippen LogP contribution in [0.1, 0.15) is 0 Å². The van der Waals surface area contributed by atoms with E-state index in [1.54, 1.807) is 0 Å². The summed E-state index contributed by atoms with van der Waals surface area (Å²) in [5.41, 5.74) is 5.61. The molecule has 1 atom stereocenters. The van der Waals surface area contributed by atoms with E-state index >= 15 is 0 Å². The third-order valence-electron chi connectivity index (χ3n) is 2.46. The molecule has 3 N–H and O–H groups in total. The molecular formula is C11H13ClF2N2O4. The van der Waals surface area contributed by atoms with Crippen molar-refractivity contribution in [3.8, 4) is 11.5 Å². The van der Waals surface area contributed by atoms with Crippen molar-refractivity contribution < 1.29 is 27.8 Å². The van der Waals surface area contributed by atoms with Gasteiger partial charge < -0.3 is 25.3 Å². The van der Waals surface area contributed by atoms with Gasteiger partial charge in [-0.25, -0.2) is 0 Å². The largest absolute Gasteiger partial charge is 0.586 e. The number of methoxy groups -OCH3 is 1. The summed E-state index contributed by atoms with van der Waals surface area (Å²) in [6.07, 6.45) is -4.50. The quantitative estimate of drug-likeness (QED) is 0.877. The lowest BCUT2D eigenvalue weighted by Gasteiger charge is -2.13. The highest BCUT2D eigenvalue weighted by Gasteiger charge is 2.43. The van der Waals surface area contributed by atoms with Gasteiger partial charge in [0.05, 0.1) is 0 Å². The first kappa shape index (κ1) is 16.4. The fraction of sp³-hybridized carbons (Fsp3) is 0.364. The molecule has 0 bridgehead atoms. The van der Waals surface area contributed by atoms with Crippen molar-refractivity contribution in [2.24, 2.45) is 5.73 Å². The van der Waals surface area contributed by atoms with Crippen LogP contribution in [0.3, 0.4) is 0 Å². The average molecular weight is 311 g/mol. The van der Waals surface area contributed by atoms with Crippen LogP contribution in [0, 0.1) is 0 Å². The van der Waals surface area contributed by atoms with Gasteiger partial charge in [-0.15, -0.1) is 21.2 Å². The standard InChI is InChI=1S/C11H12F2N2O4.ClH/c1-17-9(5-14)10(16)15-6-2-3-7-8(4-6)19-11(12,13)18-7;/h2-4,9H,5,14H2,1H3,(H,15,16);1H. The van der Waals surface area contributed by atoms with Gasteiger partial charge in [0.1, 0.15) is 6.10 Å². The third-order valence-corrected chi connectivity index (χ3v) is 2.46. The van der Waals surface area contributed by atoms with Gasteiger partial charge >= 0.3 is 6.29 Å². The molecule has 1 aromatic carbocycles. The summed E-state index contributed by atoms with van der Waals surface area (Å²) in [4.78, 5) is 11.7. The highest BCUT2D eigenvalue weighted by atomic mass is 35.5. The summed E-state index contributed by atoms with van der Waals surface area (Å²) < 4.78 is 38.9.